The molecule has 2 aromatic carbocycles. The van der Waals surface area contributed by atoms with Crippen LogP contribution in [0, 0.1) is 11.3 Å². The van der Waals surface area contributed by atoms with E-state index < -0.39 is 10.0 Å². The van der Waals surface area contributed by atoms with Gasteiger partial charge >= 0.3 is 0 Å². The number of nitrogens with two attached hydrogens (primary N) is 1. The lowest BCUT2D eigenvalue weighted by atomic mass is 10.1. The molecule has 0 aliphatic heterocycles. The highest BCUT2D eigenvalue weighted by Gasteiger charge is 2.17. The standard InChI is InChI=1S/C19H19N3O3S/c1-14(17-7-4-8-18(12-17)26(21,24)25)22(2)19(23)10-9-15-5-3-6-16(11-15)13-20/h3-12,14H,1-2H3,(H2,21,24,25)/b10-9+. The van der Waals surface area contributed by atoms with Gasteiger partial charge in [0.25, 0.3) is 0 Å². The number of hydrogen-bond acceptors (Lipinski definition) is 4. The summed E-state index contributed by atoms with van der Waals surface area (Å²) in [5.41, 5.74) is 1.92. The number of hydrogen-bond donors (Lipinski definition) is 1. The third-order valence-electron chi connectivity index (χ3n) is 4.03. The lowest BCUT2D eigenvalue weighted by molar-refractivity contribution is -0.126. The number of likely N-dealkylation sites (N-methyl/N-ethyl adjacent to an activating group) is 1. The molecule has 6 nitrogen and oxygen atoms in total. The first-order valence-electron chi connectivity index (χ1n) is 7.80. The van der Waals surface area contributed by atoms with E-state index in [0.717, 1.165) is 5.56 Å². The van der Waals surface area contributed by atoms with Gasteiger partial charge in [-0.05, 0) is 48.4 Å². The lowest BCUT2D eigenvalue weighted by Gasteiger charge is -2.24. The first-order valence-corrected chi connectivity index (χ1v) is 9.35. The molecule has 2 aromatic rings. The summed E-state index contributed by atoms with van der Waals surface area (Å²) in [5.74, 6) is -0.249. The normalized spacial score (nSPS) is 12.5. The number of nitrogens with zero attached hydrogens (tertiary/aromatic N) is 2. The third kappa shape index (κ3) is 4.79. The van der Waals surface area contributed by atoms with Gasteiger partial charge < -0.3 is 4.90 Å². The largest absolute Gasteiger partial charge is 0.335 e. The Labute approximate surface area is 153 Å². The highest BCUT2D eigenvalue weighted by molar-refractivity contribution is 7.89. The monoisotopic (exact) mass is 369 g/mol. The van der Waals surface area contributed by atoms with Crippen LogP contribution in [0.15, 0.2) is 59.5 Å². The van der Waals surface area contributed by atoms with Gasteiger partial charge in [0.2, 0.25) is 15.9 Å². The molecule has 2 N–H and O–H groups in total. The van der Waals surface area contributed by atoms with E-state index in [1.165, 1.54) is 23.1 Å². The molecular formula is C19H19N3O3S. The van der Waals surface area contributed by atoms with E-state index in [2.05, 4.69) is 0 Å². The first kappa shape index (κ1) is 19.4. The zero-order valence-corrected chi connectivity index (χ0v) is 15.3. The summed E-state index contributed by atoms with van der Waals surface area (Å²) in [5, 5.41) is 14.1. The van der Waals surface area contributed by atoms with Crippen LogP contribution < -0.4 is 5.14 Å². The van der Waals surface area contributed by atoms with E-state index in [9.17, 15) is 13.2 Å². The van der Waals surface area contributed by atoms with Crippen molar-refractivity contribution in [3.8, 4) is 6.07 Å². The van der Waals surface area contributed by atoms with Gasteiger partial charge in [0, 0.05) is 13.1 Å². The minimum atomic E-state index is -3.80. The molecule has 7 heteroatoms. The highest BCUT2D eigenvalue weighted by Crippen LogP contribution is 2.21. The highest BCUT2D eigenvalue weighted by atomic mass is 32.2. The van der Waals surface area contributed by atoms with Crippen molar-refractivity contribution in [3.05, 3.63) is 71.3 Å². The van der Waals surface area contributed by atoms with E-state index >= 15 is 0 Å². The Bertz CT molecular complexity index is 991. The Hall–Kier alpha value is -2.95. The number of carbonyl (C=O) groups is 1. The van der Waals surface area contributed by atoms with Gasteiger partial charge in [-0.15, -0.1) is 0 Å². The van der Waals surface area contributed by atoms with Crippen LogP contribution in [-0.4, -0.2) is 26.3 Å². The molecule has 0 fully saturated rings. The predicted molar refractivity (Wildman–Crippen MR) is 99.2 cm³/mol. The summed E-state index contributed by atoms with van der Waals surface area (Å²) >= 11 is 0. The quantitative estimate of drug-likeness (QED) is 0.817. The minimum Gasteiger partial charge on any atom is -0.335 e. The number of benzene rings is 2. The Morgan fingerprint density at radius 2 is 1.92 bits per heavy atom. The van der Waals surface area contributed by atoms with Crippen LogP contribution in [0.1, 0.15) is 29.7 Å². The van der Waals surface area contributed by atoms with Gasteiger partial charge in [-0.2, -0.15) is 5.26 Å². The minimum absolute atomic E-state index is 0.00607. The smallest absolute Gasteiger partial charge is 0.246 e. The summed E-state index contributed by atoms with van der Waals surface area (Å²) in [7, 11) is -2.17. The molecule has 0 saturated heterocycles. The van der Waals surface area contributed by atoms with Crippen molar-refractivity contribution in [2.24, 2.45) is 5.14 Å². The van der Waals surface area contributed by atoms with E-state index in [-0.39, 0.29) is 16.8 Å². The maximum absolute atomic E-state index is 12.4. The molecule has 0 heterocycles. The summed E-state index contributed by atoms with van der Waals surface area (Å²) in [6.45, 7) is 1.80. The maximum atomic E-state index is 12.4. The van der Waals surface area contributed by atoms with Crippen molar-refractivity contribution in [1.29, 1.82) is 5.26 Å². The zero-order chi connectivity index (χ0) is 19.3. The molecule has 26 heavy (non-hydrogen) atoms. The molecule has 0 spiro atoms. The van der Waals surface area contributed by atoms with Crippen LogP contribution >= 0.6 is 0 Å². The molecule has 0 aromatic heterocycles. The van der Waals surface area contributed by atoms with Crippen LogP contribution in [0.2, 0.25) is 0 Å². The Kier molecular flexibility index (Phi) is 5.93. The van der Waals surface area contributed by atoms with Crippen LogP contribution in [0.25, 0.3) is 6.08 Å². The molecule has 1 amide bonds. The molecular weight excluding hydrogens is 350 g/mol. The number of sulfonamides is 1. The Morgan fingerprint density at radius 1 is 1.23 bits per heavy atom. The van der Waals surface area contributed by atoms with Crippen LogP contribution in [0.4, 0.5) is 0 Å². The fourth-order valence-electron chi connectivity index (χ4n) is 2.36. The first-order chi connectivity index (χ1) is 12.2. The Balaban J connectivity index is 2.17. The molecule has 0 bridgehead atoms. The number of primary sulfonamides is 1. The average molecular weight is 369 g/mol. The second-order valence-electron chi connectivity index (χ2n) is 5.81. The predicted octanol–water partition coefficient (Wildman–Crippen LogP) is 2.44. The van der Waals surface area contributed by atoms with Gasteiger partial charge in [-0.25, -0.2) is 13.6 Å². The van der Waals surface area contributed by atoms with Gasteiger partial charge in [0.15, 0.2) is 0 Å². The summed E-state index contributed by atoms with van der Waals surface area (Å²) in [6, 6.07) is 14.8. The lowest BCUT2D eigenvalue weighted by Crippen LogP contribution is -2.28. The van der Waals surface area contributed by atoms with Crippen molar-refractivity contribution in [1.82, 2.24) is 4.90 Å². The SMILES string of the molecule is CC(c1cccc(S(N)(=O)=O)c1)N(C)C(=O)/C=C/c1cccc(C#N)c1. The van der Waals surface area contributed by atoms with Crippen molar-refractivity contribution in [2.45, 2.75) is 17.9 Å². The number of nitriles is 1. The summed E-state index contributed by atoms with van der Waals surface area (Å²) < 4.78 is 23.0. The van der Waals surface area contributed by atoms with Crippen LogP contribution in [0.3, 0.4) is 0 Å². The van der Waals surface area contributed by atoms with E-state index in [1.54, 1.807) is 56.4 Å². The zero-order valence-electron chi connectivity index (χ0n) is 14.5. The molecule has 0 aliphatic rings. The van der Waals surface area contributed by atoms with E-state index in [1.807, 2.05) is 6.07 Å². The van der Waals surface area contributed by atoms with Gasteiger partial charge in [-0.1, -0.05) is 24.3 Å². The molecule has 0 aliphatic carbocycles. The second kappa shape index (κ2) is 7.95. The van der Waals surface area contributed by atoms with Gasteiger partial charge in [0.05, 0.1) is 22.6 Å². The van der Waals surface area contributed by atoms with E-state index in [4.69, 9.17) is 10.4 Å². The van der Waals surface area contributed by atoms with E-state index in [0.29, 0.717) is 11.1 Å². The molecule has 1 atom stereocenters. The van der Waals surface area contributed by atoms with Crippen LogP contribution in [-0.2, 0) is 14.8 Å². The third-order valence-corrected chi connectivity index (χ3v) is 4.94. The second-order valence-corrected chi connectivity index (χ2v) is 7.37. The van der Waals surface area contributed by atoms with Gasteiger partial charge in [0.1, 0.15) is 0 Å². The molecule has 1 unspecified atom stereocenters. The Morgan fingerprint density at radius 3 is 2.58 bits per heavy atom. The molecule has 0 radical (unpaired) electrons. The maximum Gasteiger partial charge on any atom is 0.246 e. The topological polar surface area (TPSA) is 104 Å². The molecule has 0 saturated carbocycles. The molecule has 134 valence electrons. The average Bonchev–Trinajstić information content (AvgIpc) is 2.64. The number of rotatable bonds is 5. The van der Waals surface area contributed by atoms with Crippen LogP contribution in [0.5, 0.6) is 0 Å². The fourth-order valence-corrected chi connectivity index (χ4v) is 2.93. The van der Waals surface area contributed by atoms with Crippen molar-refractivity contribution < 1.29 is 13.2 Å². The molecule has 2 rings (SSSR count). The number of amides is 1. The summed E-state index contributed by atoms with van der Waals surface area (Å²) in [4.78, 5) is 13.9. The van der Waals surface area contributed by atoms with Gasteiger partial charge in [-0.3, -0.25) is 4.79 Å². The van der Waals surface area contributed by atoms with Crippen molar-refractivity contribution >= 4 is 22.0 Å². The fraction of sp³-hybridized carbons (Fsp3) is 0.158. The number of carbonyl (C=O) groups excluding carboxylic acids is 1. The van der Waals surface area contributed by atoms with Crippen molar-refractivity contribution in [2.75, 3.05) is 7.05 Å². The summed E-state index contributed by atoms with van der Waals surface area (Å²) in [6.07, 6.45) is 3.05. The van der Waals surface area contributed by atoms with Crippen molar-refractivity contribution in [3.63, 3.8) is 0 Å².